The lowest BCUT2D eigenvalue weighted by Crippen LogP contribution is -2.10. The Kier molecular flexibility index (Phi) is 22.1. The highest BCUT2D eigenvalue weighted by molar-refractivity contribution is 7.95. The fraction of sp³-hybridized carbons (Fsp3) is 0.123. The Hall–Kier alpha value is -8.94. The average Bonchev–Trinajstić information content (AvgIpc) is 0.766. The number of hydrogen-bond donors (Lipinski definition) is 10. The Morgan fingerprint density at radius 3 is 1.13 bits per heavy atom. The van der Waals surface area contributed by atoms with Crippen LogP contribution < -0.4 is 21.3 Å². The van der Waals surface area contributed by atoms with Crippen LogP contribution in [0.5, 0.6) is 11.5 Å². The van der Waals surface area contributed by atoms with Crippen LogP contribution in [0.1, 0.15) is 30.4 Å². The van der Waals surface area contributed by atoms with Gasteiger partial charge in [0.1, 0.15) is 11.4 Å². The molecule has 2 aromatic heterocycles. The van der Waals surface area contributed by atoms with Gasteiger partial charge in [0.2, 0.25) is 34.4 Å². The summed E-state index contributed by atoms with van der Waals surface area (Å²) in [5.74, 6) is -2.76. The molecular weight excluding hydrogens is 1430 g/mol. The predicted molar refractivity (Wildman–Crippen MR) is 357 cm³/mol. The summed E-state index contributed by atoms with van der Waals surface area (Å²) >= 11 is 13.4. The van der Waals surface area contributed by atoms with Crippen molar-refractivity contribution < 1.29 is 82.2 Å². The van der Waals surface area contributed by atoms with Crippen molar-refractivity contribution in [1.82, 2.24) is 29.9 Å². The van der Waals surface area contributed by atoms with Gasteiger partial charge in [-0.25, -0.2) is 27.4 Å². The van der Waals surface area contributed by atoms with Gasteiger partial charge in [-0.1, -0.05) is 51.9 Å². The van der Waals surface area contributed by atoms with Crippen molar-refractivity contribution in [2.24, 2.45) is 20.5 Å². The van der Waals surface area contributed by atoms with Crippen LogP contribution in [0.15, 0.2) is 183 Å². The molecule has 0 bridgehead atoms. The molecule has 2 heterocycles. The van der Waals surface area contributed by atoms with Gasteiger partial charge in [-0.15, -0.1) is 18.9 Å². The molecule has 0 aliphatic rings. The normalized spacial score (nSPS) is 12.3. The van der Waals surface area contributed by atoms with E-state index in [9.17, 15) is 53.0 Å². The molecule has 10 aromatic rings. The zero-order valence-electron chi connectivity index (χ0n) is 49.5. The second kappa shape index (κ2) is 30.2. The molecule has 97 heavy (non-hydrogen) atoms. The van der Waals surface area contributed by atoms with E-state index < -0.39 is 61.2 Å². The number of sulfone groups is 2. The van der Waals surface area contributed by atoms with Crippen LogP contribution in [-0.2, 0) is 58.7 Å². The molecule has 0 amide bonds. The number of phenolic OH excluding ortho intramolecular Hbond substituents is 2. The first-order chi connectivity index (χ1) is 46.1. The second-order valence-corrected chi connectivity index (χ2v) is 29.7. The molecule has 504 valence electrons. The number of azo groups is 2. The van der Waals surface area contributed by atoms with Crippen molar-refractivity contribution in [3.05, 3.63) is 155 Å². The molecule has 0 radical (unpaired) electrons. The number of aromatic hydroxyl groups is 2. The topological polar surface area (TPSA) is 470 Å². The number of benzene rings is 8. The number of anilines is 8. The Morgan fingerprint density at radius 2 is 0.794 bits per heavy atom. The van der Waals surface area contributed by atoms with E-state index in [-0.39, 0.29) is 140 Å². The van der Waals surface area contributed by atoms with Gasteiger partial charge in [0.05, 0.1) is 87.7 Å². The van der Waals surface area contributed by atoms with E-state index in [2.05, 4.69) is 90.4 Å². The zero-order valence-corrected chi connectivity index (χ0v) is 55.9. The molecular formula is C57H48Cl2N14O18S6. The molecule has 10 rings (SSSR count). The van der Waals surface area contributed by atoms with Gasteiger partial charge in [0.15, 0.2) is 31.2 Å². The smallest absolute Gasteiger partial charge is 0.294 e. The highest BCUT2D eigenvalue weighted by atomic mass is 35.5. The monoisotopic (exact) mass is 1480 g/mol. The summed E-state index contributed by atoms with van der Waals surface area (Å²) in [6.45, 7) is 3.74. The summed E-state index contributed by atoms with van der Waals surface area (Å²) in [5, 5.41) is 75.9. The standard InChI is InChI=1S/C57H48Cl2N14O18S6/c1-30-6-10-36(11-7-30)70-72-48-44(92-90-88-76)26-32-24-40(96(82,83)84)28-42(46(32)50(48)74)62-56-66-52(58)64-54(68-56)60-34-14-18-38(19-15-34)94(78,79)22-4-3-5-23-95(80,81)39-20-16-35(17-21-39)61-55-65-53(59)67-57(69-55)63-43-29-41(97(85,86)87)25-33-27-45(93-91-89-77)49(51(75)47(33)43)73-71-37-12-8-31(2)9-13-37/h6-21,24-29,74-77H,3-5,22-23H2,1-2H3,(H,82,83,84)(H,85,86,87)(H2,60,62,64,66,68)(H2,61,63,65,67,69). The van der Waals surface area contributed by atoms with Gasteiger partial charge in [-0.05, 0) is 170 Å². The van der Waals surface area contributed by atoms with Crippen molar-refractivity contribution in [3.8, 4) is 11.5 Å². The minimum atomic E-state index is -4.89. The van der Waals surface area contributed by atoms with Gasteiger partial charge >= 0.3 is 0 Å². The van der Waals surface area contributed by atoms with Gasteiger partial charge < -0.3 is 31.5 Å². The van der Waals surface area contributed by atoms with Crippen molar-refractivity contribution >= 4 is 178 Å². The summed E-state index contributed by atoms with van der Waals surface area (Å²) < 4.78 is 133. The number of nitrogens with one attached hydrogen (secondary N) is 4. The first kappa shape index (κ1) is 70.8. The number of nitrogens with zero attached hydrogens (tertiary/aromatic N) is 10. The van der Waals surface area contributed by atoms with Crippen molar-refractivity contribution in [3.63, 3.8) is 0 Å². The molecule has 0 fully saturated rings. The van der Waals surface area contributed by atoms with Crippen molar-refractivity contribution in [2.75, 3.05) is 32.8 Å². The van der Waals surface area contributed by atoms with Crippen LogP contribution in [-0.4, -0.2) is 105 Å². The Bertz CT molecular complexity index is 4860. The third-order valence-corrected chi connectivity index (χ3v) is 20.6. The molecule has 0 saturated heterocycles. The number of fused-ring (bicyclic) bond motifs is 2. The number of aryl methyl sites for hydroxylation is 2. The largest absolute Gasteiger partial charge is 0.505 e. The molecule has 0 atom stereocenters. The number of rotatable bonds is 28. The molecule has 10 N–H and O–H groups in total. The van der Waals surface area contributed by atoms with E-state index in [0.29, 0.717) is 35.5 Å². The molecule has 0 aliphatic heterocycles. The van der Waals surface area contributed by atoms with Gasteiger partial charge in [0.25, 0.3) is 20.2 Å². The molecule has 0 unspecified atom stereocenters. The third kappa shape index (κ3) is 18.0. The van der Waals surface area contributed by atoms with E-state index in [1.165, 1.54) is 60.7 Å². The molecule has 0 saturated carbocycles. The molecule has 0 aliphatic carbocycles. The highest BCUT2D eigenvalue weighted by Crippen LogP contribution is 2.49. The van der Waals surface area contributed by atoms with Crippen LogP contribution in [0, 0.1) is 13.8 Å². The number of hydrogen-bond acceptors (Lipinski definition) is 32. The molecule has 8 aromatic carbocycles. The van der Waals surface area contributed by atoms with E-state index >= 15 is 0 Å². The van der Waals surface area contributed by atoms with Crippen LogP contribution in [0.4, 0.5) is 69.3 Å². The van der Waals surface area contributed by atoms with Crippen molar-refractivity contribution in [1.29, 1.82) is 0 Å². The minimum absolute atomic E-state index is 0.00357. The van der Waals surface area contributed by atoms with Crippen LogP contribution in [0.25, 0.3) is 21.5 Å². The quantitative estimate of drug-likeness (QED) is 0.00544. The Morgan fingerprint density at radius 1 is 0.443 bits per heavy atom. The van der Waals surface area contributed by atoms with Gasteiger partial charge in [0, 0.05) is 22.1 Å². The van der Waals surface area contributed by atoms with Crippen LogP contribution in [0.3, 0.4) is 0 Å². The number of aromatic nitrogens is 6. The predicted octanol–water partition coefficient (Wildman–Crippen LogP) is 14.3. The fourth-order valence-corrected chi connectivity index (χ4v) is 14.3. The molecule has 40 heteroatoms. The van der Waals surface area contributed by atoms with E-state index in [4.69, 9.17) is 33.7 Å². The average molecular weight is 1480 g/mol. The SMILES string of the molecule is Cc1ccc(N=Nc2c(SOOO)cc3cc(S(=O)(=O)O)cc(Nc4nc(Cl)nc(Nc5ccc(S(=O)(=O)CCCCCS(=O)(=O)c6ccc(Nc7nc(Cl)nc(Nc8cc(S(=O)(=O)O)cc9cc(SOOO)c(N=Nc%10ccc(C)cc%10)c(O)c89)n7)cc6)cc5)n4)c3c2O)cc1. The number of halogens is 2. The van der Waals surface area contributed by atoms with Crippen LogP contribution >= 0.6 is 47.3 Å². The summed E-state index contributed by atoms with van der Waals surface area (Å²) in [5.41, 5.74) is 2.45. The maximum absolute atomic E-state index is 13.5. The lowest BCUT2D eigenvalue weighted by Gasteiger charge is -2.15. The summed E-state index contributed by atoms with van der Waals surface area (Å²) in [6, 6.07) is 31.4. The molecule has 0 spiro atoms. The summed E-state index contributed by atoms with van der Waals surface area (Å²) in [7, 11) is -17.5. The van der Waals surface area contributed by atoms with E-state index in [0.717, 1.165) is 35.4 Å². The highest BCUT2D eigenvalue weighted by Gasteiger charge is 2.26. The summed E-state index contributed by atoms with van der Waals surface area (Å²) in [4.78, 5) is 23.5. The number of unbranched alkanes of at least 4 members (excludes halogenated alkanes) is 2. The van der Waals surface area contributed by atoms with Crippen LogP contribution in [0.2, 0.25) is 10.6 Å². The first-order valence-electron chi connectivity index (χ1n) is 27.6. The third-order valence-electron chi connectivity index (χ3n) is 13.7. The minimum Gasteiger partial charge on any atom is -0.505 e. The van der Waals surface area contributed by atoms with E-state index in [1.54, 1.807) is 48.5 Å². The maximum atomic E-state index is 13.5. The van der Waals surface area contributed by atoms with Crippen molar-refractivity contribution in [2.45, 2.75) is 62.5 Å². The Balaban J connectivity index is 0.764. The van der Waals surface area contributed by atoms with Gasteiger partial charge in [-0.3, -0.25) is 9.11 Å². The second-order valence-electron chi connectivity index (χ2n) is 20.5. The maximum Gasteiger partial charge on any atom is 0.294 e. The van der Waals surface area contributed by atoms with Gasteiger partial charge in [-0.2, -0.15) is 57.0 Å². The van der Waals surface area contributed by atoms with E-state index in [1.807, 2.05) is 13.8 Å². The fourth-order valence-electron chi connectivity index (χ4n) is 9.19. The summed E-state index contributed by atoms with van der Waals surface area (Å²) in [6.07, 6.45) is 0.444. The lowest BCUT2D eigenvalue weighted by molar-refractivity contribution is -0.432. The molecule has 32 nitrogen and oxygen atoms in total. The first-order valence-corrected chi connectivity index (χ1v) is 36.0. The lowest BCUT2D eigenvalue weighted by atomic mass is 10.1. The number of phenols is 2. The zero-order chi connectivity index (χ0) is 69.4. The Labute approximate surface area is 568 Å².